The highest BCUT2D eigenvalue weighted by molar-refractivity contribution is 6.42. The number of amides is 2. The van der Waals surface area contributed by atoms with Crippen LogP contribution in [0.15, 0.2) is 12.1 Å². The van der Waals surface area contributed by atoms with Crippen molar-refractivity contribution in [2.75, 3.05) is 6.61 Å². The number of fused-ring (bicyclic) bond motifs is 1. The van der Waals surface area contributed by atoms with E-state index in [0.717, 1.165) is 24.0 Å². The fourth-order valence-electron chi connectivity index (χ4n) is 2.49. The van der Waals surface area contributed by atoms with Gasteiger partial charge in [0.15, 0.2) is 0 Å². The summed E-state index contributed by atoms with van der Waals surface area (Å²) in [6.45, 7) is 3.80. The summed E-state index contributed by atoms with van der Waals surface area (Å²) in [5, 5.41) is 16.0. The van der Waals surface area contributed by atoms with Crippen LogP contribution in [0.4, 0.5) is 4.79 Å². The van der Waals surface area contributed by atoms with E-state index in [-0.39, 0.29) is 30.6 Å². The maximum Gasteiger partial charge on any atom is 0.315 e. The van der Waals surface area contributed by atoms with Crippen molar-refractivity contribution < 1.29 is 9.90 Å². The molecular weight excluding hydrogens is 311 g/mol. The van der Waals surface area contributed by atoms with Gasteiger partial charge in [-0.05, 0) is 42.9 Å². The van der Waals surface area contributed by atoms with Gasteiger partial charge in [-0.15, -0.1) is 0 Å². The third-order valence-corrected chi connectivity index (χ3v) is 4.94. The standard InChI is InChI=1S/C15H20Cl2N2O2/c1-8(7-20)9(2)18-15(21)19-13-6-4-11-10(13)3-5-12(16)14(11)17/h3,5,8-9,13,20H,4,6-7H2,1-2H3,(H2,18,19,21). The van der Waals surface area contributed by atoms with Crippen LogP contribution in [0.1, 0.15) is 37.4 Å². The number of aliphatic hydroxyl groups is 1. The number of halogens is 2. The van der Waals surface area contributed by atoms with Crippen molar-refractivity contribution in [1.29, 1.82) is 0 Å². The summed E-state index contributed by atoms with van der Waals surface area (Å²) in [5.74, 6) is 0.0138. The summed E-state index contributed by atoms with van der Waals surface area (Å²) in [7, 11) is 0. The lowest BCUT2D eigenvalue weighted by atomic mass is 10.1. The second-order valence-corrected chi connectivity index (χ2v) is 6.37. The summed E-state index contributed by atoms with van der Waals surface area (Å²) < 4.78 is 0. The molecule has 3 unspecified atom stereocenters. The Kier molecular flexibility index (Phi) is 5.36. The Hall–Kier alpha value is -0.970. The van der Waals surface area contributed by atoms with Crippen LogP contribution < -0.4 is 10.6 Å². The monoisotopic (exact) mass is 330 g/mol. The Labute approximate surface area is 134 Å². The number of rotatable bonds is 4. The number of carbonyl (C=O) groups is 1. The van der Waals surface area contributed by atoms with Gasteiger partial charge in [-0.25, -0.2) is 4.79 Å². The van der Waals surface area contributed by atoms with Gasteiger partial charge in [-0.3, -0.25) is 0 Å². The summed E-state index contributed by atoms with van der Waals surface area (Å²) in [6.07, 6.45) is 1.62. The average molecular weight is 331 g/mol. The van der Waals surface area contributed by atoms with E-state index in [9.17, 15) is 4.79 Å². The van der Waals surface area contributed by atoms with Gasteiger partial charge < -0.3 is 15.7 Å². The van der Waals surface area contributed by atoms with Crippen molar-refractivity contribution in [1.82, 2.24) is 10.6 Å². The van der Waals surface area contributed by atoms with Crippen LogP contribution in [0.2, 0.25) is 10.0 Å². The molecule has 3 atom stereocenters. The molecule has 0 spiro atoms. The lowest BCUT2D eigenvalue weighted by Gasteiger charge is -2.21. The third kappa shape index (κ3) is 3.62. The number of urea groups is 1. The molecule has 116 valence electrons. The Morgan fingerprint density at radius 3 is 2.81 bits per heavy atom. The van der Waals surface area contributed by atoms with Crippen LogP contribution in [0.25, 0.3) is 0 Å². The maximum atomic E-state index is 12.0. The lowest BCUT2D eigenvalue weighted by Crippen LogP contribution is -2.45. The van der Waals surface area contributed by atoms with Crippen molar-refractivity contribution in [2.45, 2.75) is 38.8 Å². The molecule has 6 heteroatoms. The second-order valence-electron chi connectivity index (χ2n) is 5.59. The molecule has 4 nitrogen and oxygen atoms in total. The molecule has 2 amide bonds. The molecule has 0 saturated heterocycles. The van der Waals surface area contributed by atoms with Crippen molar-refractivity contribution in [2.24, 2.45) is 5.92 Å². The zero-order valence-corrected chi connectivity index (χ0v) is 13.6. The normalized spacial score (nSPS) is 19.8. The molecule has 1 aliphatic rings. The number of hydrogen-bond acceptors (Lipinski definition) is 2. The number of aliphatic hydroxyl groups excluding tert-OH is 1. The van der Waals surface area contributed by atoms with Crippen LogP contribution >= 0.6 is 23.2 Å². The molecule has 0 aliphatic heterocycles. The molecular formula is C15H20Cl2N2O2. The minimum Gasteiger partial charge on any atom is -0.396 e. The van der Waals surface area contributed by atoms with E-state index in [4.69, 9.17) is 28.3 Å². The fourth-order valence-corrected chi connectivity index (χ4v) is 2.93. The van der Waals surface area contributed by atoms with Crippen LogP contribution in [0.3, 0.4) is 0 Å². The molecule has 0 bridgehead atoms. The zero-order valence-electron chi connectivity index (χ0n) is 12.1. The van der Waals surface area contributed by atoms with Crippen LogP contribution in [0, 0.1) is 5.92 Å². The van der Waals surface area contributed by atoms with Gasteiger partial charge in [0.05, 0.1) is 16.1 Å². The quantitative estimate of drug-likeness (QED) is 0.793. The fraction of sp³-hybridized carbons (Fsp3) is 0.533. The Balaban J connectivity index is 2.01. The van der Waals surface area contributed by atoms with Gasteiger partial charge in [0.2, 0.25) is 0 Å². The van der Waals surface area contributed by atoms with E-state index in [1.165, 1.54) is 0 Å². The Bertz CT molecular complexity index is 537. The van der Waals surface area contributed by atoms with E-state index in [0.29, 0.717) is 10.0 Å². The average Bonchev–Trinajstić information content (AvgIpc) is 2.85. The summed E-state index contributed by atoms with van der Waals surface area (Å²) >= 11 is 12.2. The minimum atomic E-state index is -0.230. The van der Waals surface area contributed by atoms with Crippen LogP contribution in [0.5, 0.6) is 0 Å². The van der Waals surface area contributed by atoms with Crippen molar-refractivity contribution in [3.63, 3.8) is 0 Å². The SMILES string of the molecule is CC(CO)C(C)NC(=O)NC1CCc2c1ccc(Cl)c2Cl. The predicted octanol–water partition coefficient (Wildman–Crippen LogP) is 3.30. The second kappa shape index (κ2) is 6.86. The highest BCUT2D eigenvalue weighted by atomic mass is 35.5. The first kappa shape index (κ1) is 16.4. The van der Waals surface area contributed by atoms with Gasteiger partial charge >= 0.3 is 6.03 Å². The molecule has 1 aromatic carbocycles. The van der Waals surface area contributed by atoms with Crippen molar-refractivity contribution in [3.8, 4) is 0 Å². The molecule has 21 heavy (non-hydrogen) atoms. The Morgan fingerprint density at radius 1 is 1.43 bits per heavy atom. The van der Waals surface area contributed by atoms with E-state index in [1.807, 2.05) is 19.9 Å². The molecule has 1 aliphatic carbocycles. The van der Waals surface area contributed by atoms with Gasteiger partial charge in [-0.2, -0.15) is 0 Å². The van der Waals surface area contributed by atoms with E-state index >= 15 is 0 Å². The third-order valence-electron chi connectivity index (χ3n) is 4.10. The predicted molar refractivity (Wildman–Crippen MR) is 84.9 cm³/mol. The number of carbonyl (C=O) groups excluding carboxylic acids is 1. The van der Waals surface area contributed by atoms with Gasteiger partial charge in [0.25, 0.3) is 0 Å². The first-order valence-corrected chi connectivity index (χ1v) is 7.84. The van der Waals surface area contributed by atoms with Gasteiger partial charge in [0.1, 0.15) is 0 Å². The van der Waals surface area contributed by atoms with Crippen molar-refractivity contribution >= 4 is 29.2 Å². The zero-order chi connectivity index (χ0) is 15.6. The topological polar surface area (TPSA) is 61.4 Å². The van der Waals surface area contributed by atoms with Crippen LogP contribution in [-0.4, -0.2) is 23.8 Å². The molecule has 0 aromatic heterocycles. The number of benzene rings is 1. The summed E-state index contributed by atoms with van der Waals surface area (Å²) in [5.41, 5.74) is 2.05. The van der Waals surface area contributed by atoms with Crippen LogP contribution in [-0.2, 0) is 6.42 Å². The highest BCUT2D eigenvalue weighted by Crippen LogP contribution is 2.38. The van der Waals surface area contributed by atoms with E-state index in [2.05, 4.69) is 10.6 Å². The van der Waals surface area contributed by atoms with Gasteiger partial charge in [-0.1, -0.05) is 36.2 Å². The van der Waals surface area contributed by atoms with Crippen molar-refractivity contribution in [3.05, 3.63) is 33.3 Å². The largest absolute Gasteiger partial charge is 0.396 e. The molecule has 0 fully saturated rings. The van der Waals surface area contributed by atoms with E-state index < -0.39 is 0 Å². The molecule has 3 N–H and O–H groups in total. The molecule has 1 aromatic rings. The first-order chi connectivity index (χ1) is 9.93. The summed E-state index contributed by atoms with van der Waals surface area (Å²) in [4.78, 5) is 12.0. The maximum absolute atomic E-state index is 12.0. The molecule has 0 heterocycles. The number of nitrogens with one attached hydrogen (secondary N) is 2. The van der Waals surface area contributed by atoms with E-state index in [1.54, 1.807) is 6.07 Å². The molecule has 0 radical (unpaired) electrons. The number of hydrogen-bond donors (Lipinski definition) is 3. The Morgan fingerprint density at radius 2 is 2.14 bits per heavy atom. The molecule has 2 rings (SSSR count). The lowest BCUT2D eigenvalue weighted by molar-refractivity contribution is 0.199. The highest BCUT2D eigenvalue weighted by Gasteiger charge is 2.27. The molecule has 0 saturated carbocycles. The smallest absolute Gasteiger partial charge is 0.315 e. The van der Waals surface area contributed by atoms with Gasteiger partial charge in [0, 0.05) is 12.6 Å². The summed E-state index contributed by atoms with van der Waals surface area (Å²) in [6, 6.07) is 3.31. The minimum absolute atomic E-state index is 0.0138. The first-order valence-electron chi connectivity index (χ1n) is 7.08.